The second-order valence-corrected chi connectivity index (χ2v) is 16.7. The molecule has 0 spiro atoms. The summed E-state index contributed by atoms with van der Waals surface area (Å²) >= 11 is 1.36. The first-order valence-electron chi connectivity index (χ1n) is 21.0. The summed E-state index contributed by atoms with van der Waals surface area (Å²) in [5.41, 5.74) is 3.63. The Hall–Kier alpha value is -4.67. The van der Waals surface area contributed by atoms with Gasteiger partial charge in [0.25, 0.3) is 5.79 Å². The third-order valence-electron chi connectivity index (χ3n) is 10.2. The number of carbonyl (C=O) groups excluding carboxylic acids is 6. The van der Waals surface area contributed by atoms with Gasteiger partial charge < -0.3 is 62.5 Å². The van der Waals surface area contributed by atoms with Gasteiger partial charge in [0, 0.05) is 47.5 Å². The van der Waals surface area contributed by atoms with E-state index >= 15 is 0 Å². The molecule has 4 rings (SSSR count). The first kappa shape index (κ1) is 52.9. The molecule has 2 aromatic rings. The van der Waals surface area contributed by atoms with Crippen LogP contribution in [0.3, 0.4) is 0 Å². The molecule has 0 aromatic heterocycles. The van der Waals surface area contributed by atoms with E-state index < -0.39 is 116 Å². The summed E-state index contributed by atoms with van der Waals surface area (Å²) in [6, 6.07) is 13.6. The summed E-state index contributed by atoms with van der Waals surface area (Å²) in [7, 11) is 1.36. The van der Waals surface area contributed by atoms with Crippen molar-refractivity contribution in [2.45, 2.75) is 135 Å². The van der Waals surface area contributed by atoms with Crippen LogP contribution in [-0.2, 0) is 94.1 Å². The fourth-order valence-corrected chi connectivity index (χ4v) is 7.56. The normalized spacial score (nSPS) is 26.2. The van der Waals surface area contributed by atoms with E-state index in [1.807, 2.05) is 62.4 Å². The molecule has 20 heteroatoms. The number of ether oxygens (including phenoxy) is 11. The fourth-order valence-electron chi connectivity index (χ4n) is 7.31. The van der Waals surface area contributed by atoms with E-state index in [2.05, 4.69) is 5.32 Å². The van der Waals surface area contributed by atoms with Gasteiger partial charge in [-0.3, -0.25) is 24.0 Å². The van der Waals surface area contributed by atoms with Gasteiger partial charge in [0.05, 0.1) is 32.3 Å². The highest BCUT2D eigenvalue weighted by Crippen LogP contribution is 2.40. The maximum absolute atomic E-state index is 14.8. The Morgan fingerprint density at radius 3 is 1.98 bits per heavy atom. The van der Waals surface area contributed by atoms with Gasteiger partial charge in [-0.2, -0.15) is 11.8 Å². The number of amides is 1. The minimum atomic E-state index is -2.70. The number of methoxy groups -OCH3 is 1. The minimum absolute atomic E-state index is 0.0101. The summed E-state index contributed by atoms with van der Waals surface area (Å²) < 4.78 is 65.8. The second kappa shape index (κ2) is 25.3. The predicted octanol–water partition coefficient (Wildman–Crippen LogP) is 2.78. The van der Waals surface area contributed by atoms with Gasteiger partial charge in [0.1, 0.15) is 49.8 Å². The van der Waals surface area contributed by atoms with Crippen molar-refractivity contribution in [1.82, 2.24) is 5.32 Å². The van der Waals surface area contributed by atoms with Crippen LogP contribution in [0.25, 0.3) is 0 Å². The van der Waals surface area contributed by atoms with Crippen molar-refractivity contribution in [2.24, 2.45) is 0 Å². The summed E-state index contributed by atoms with van der Waals surface area (Å²) in [6.45, 7) is 8.25. The molecule has 2 saturated heterocycles. The van der Waals surface area contributed by atoms with Crippen LogP contribution < -0.4 is 5.32 Å². The zero-order valence-corrected chi connectivity index (χ0v) is 39.0. The van der Waals surface area contributed by atoms with Crippen LogP contribution in [-0.4, -0.2) is 147 Å². The highest BCUT2D eigenvalue weighted by molar-refractivity contribution is 7.98. The number of aryl methyl sites for hydroxylation is 2. The Balaban J connectivity index is 1.90. The van der Waals surface area contributed by atoms with E-state index in [4.69, 9.17) is 52.1 Å². The van der Waals surface area contributed by atoms with Gasteiger partial charge >= 0.3 is 29.8 Å². The van der Waals surface area contributed by atoms with Crippen LogP contribution in [0, 0.1) is 13.8 Å². The minimum Gasteiger partial charge on any atom is -0.462 e. The lowest BCUT2D eigenvalue weighted by molar-refractivity contribution is -0.372. The van der Waals surface area contributed by atoms with Gasteiger partial charge in [0.15, 0.2) is 18.5 Å². The Morgan fingerprint density at radius 1 is 0.831 bits per heavy atom. The average molecular weight is 936 g/mol. The molecule has 2 aliphatic rings. The molecule has 65 heavy (non-hydrogen) atoms. The number of rotatable bonds is 22. The third-order valence-corrected chi connectivity index (χ3v) is 10.8. The molecule has 360 valence electrons. The van der Waals surface area contributed by atoms with Crippen LogP contribution in [0.4, 0.5) is 0 Å². The van der Waals surface area contributed by atoms with Crippen LogP contribution in [0.15, 0.2) is 48.5 Å². The quantitative estimate of drug-likeness (QED) is 0.0981. The topological polar surface area (TPSA) is 236 Å². The van der Waals surface area contributed by atoms with Gasteiger partial charge in [-0.1, -0.05) is 59.7 Å². The van der Waals surface area contributed by atoms with Crippen molar-refractivity contribution in [3.05, 3.63) is 70.8 Å². The number of hydrogen-bond acceptors (Lipinski definition) is 19. The van der Waals surface area contributed by atoms with E-state index in [-0.39, 0.29) is 26.4 Å². The molecule has 2 fully saturated rings. The van der Waals surface area contributed by atoms with Crippen molar-refractivity contribution in [3.63, 3.8) is 0 Å². The Bertz CT molecular complexity index is 1900. The van der Waals surface area contributed by atoms with Crippen molar-refractivity contribution in [3.8, 4) is 0 Å². The summed E-state index contributed by atoms with van der Waals surface area (Å²) in [5.74, 6) is -7.77. The van der Waals surface area contributed by atoms with Crippen LogP contribution >= 0.6 is 11.8 Å². The van der Waals surface area contributed by atoms with Crippen molar-refractivity contribution in [1.29, 1.82) is 0 Å². The van der Waals surface area contributed by atoms with Gasteiger partial charge in [0.2, 0.25) is 5.91 Å². The average Bonchev–Trinajstić information content (AvgIpc) is 3.23. The number of nitrogens with one attached hydrogen (secondary N) is 1. The molecule has 0 radical (unpaired) electrons. The molecular weight excluding hydrogens is 875 g/mol. The number of carbonyl (C=O) groups is 6. The molecule has 0 unspecified atom stereocenters. The maximum Gasteiger partial charge on any atom is 0.367 e. The SMILES string of the molecule is CO[C@@H]1O[C@H](COCc2ccc(C)cc2)[C@H](O[C@@]2(C(=O)OCCSC)C[C@H](OC(C)=O)[C@@H](NC(C)=O)[C@H]([C@H](OC(C)=O)[C@@H](COC(C)=O)OC(C)=O)O2)[C@H](O)[C@H]1OCc1ccc(C)cc1. The van der Waals surface area contributed by atoms with Gasteiger partial charge in [-0.05, 0) is 31.2 Å². The number of aliphatic hydroxyl groups excluding tert-OH is 1. The molecule has 0 aliphatic carbocycles. The van der Waals surface area contributed by atoms with Gasteiger partial charge in [-0.15, -0.1) is 0 Å². The van der Waals surface area contributed by atoms with Gasteiger partial charge in [-0.25, -0.2) is 4.79 Å². The lowest BCUT2D eigenvalue weighted by atomic mass is 9.87. The number of thioether (sulfide) groups is 1. The molecule has 2 aromatic carbocycles. The highest BCUT2D eigenvalue weighted by Gasteiger charge is 2.62. The van der Waals surface area contributed by atoms with Crippen LogP contribution in [0.5, 0.6) is 0 Å². The number of esters is 5. The third kappa shape index (κ3) is 15.7. The fraction of sp³-hybridized carbons (Fsp3) is 0.600. The number of benzene rings is 2. The Morgan fingerprint density at radius 2 is 1.45 bits per heavy atom. The summed E-state index contributed by atoms with van der Waals surface area (Å²) in [4.78, 5) is 78.0. The molecule has 2 N–H and O–H groups in total. The number of hydrogen-bond donors (Lipinski definition) is 2. The second-order valence-electron chi connectivity index (χ2n) is 15.7. The van der Waals surface area contributed by atoms with E-state index in [1.165, 1.54) is 18.9 Å². The standard InChI is InChI=1S/C45H61NO18S/c1-25-10-14-32(15-11-25)21-55-23-35-39(38(52)42(43(54-8)62-35)58-22-33-16-12-26(2)13-17-33)63-45(44(53)56-18-19-65-9)20-34(59-29(5)49)37(46-27(3)47)41(64-45)40(61-31(7)51)36(60-30(6)50)24-57-28(4)48/h10-17,34-43,52H,18-24H2,1-9H3,(H,46,47)/t34-,35+,36+,37+,38-,39-,40+,41+,42+,43+,45-/m0/s1. The molecule has 1 amide bonds. The smallest absolute Gasteiger partial charge is 0.367 e. The molecule has 2 heterocycles. The molecular formula is C45H61NO18S. The van der Waals surface area contributed by atoms with E-state index in [0.29, 0.717) is 5.75 Å². The van der Waals surface area contributed by atoms with Crippen molar-refractivity contribution in [2.75, 3.05) is 38.9 Å². The summed E-state index contributed by atoms with van der Waals surface area (Å²) in [6.07, 6.45) is -12.7. The van der Waals surface area contributed by atoms with E-state index in [9.17, 15) is 33.9 Å². The lowest BCUT2D eigenvalue weighted by Crippen LogP contribution is -2.71. The zero-order chi connectivity index (χ0) is 47.8. The molecule has 0 bridgehead atoms. The highest BCUT2D eigenvalue weighted by atomic mass is 32.2. The van der Waals surface area contributed by atoms with Crippen LogP contribution in [0.2, 0.25) is 0 Å². The predicted molar refractivity (Wildman–Crippen MR) is 230 cm³/mol. The Kier molecular flexibility index (Phi) is 20.6. The van der Waals surface area contributed by atoms with Crippen molar-refractivity contribution >= 4 is 47.5 Å². The van der Waals surface area contributed by atoms with E-state index in [1.54, 1.807) is 6.26 Å². The van der Waals surface area contributed by atoms with Crippen molar-refractivity contribution < 1.29 is 86.0 Å². The maximum atomic E-state index is 14.8. The monoisotopic (exact) mass is 935 g/mol. The largest absolute Gasteiger partial charge is 0.462 e. The lowest BCUT2D eigenvalue weighted by Gasteiger charge is -2.51. The molecule has 0 saturated carbocycles. The number of aliphatic hydroxyl groups is 1. The van der Waals surface area contributed by atoms with E-state index in [0.717, 1.165) is 56.9 Å². The molecule has 19 nitrogen and oxygen atoms in total. The molecule has 11 atom stereocenters. The zero-order valence-electron chi connectivity index (χ0n) is 38.1. The Labute approximate surface area is 382 Å². The molecule has 2 aliphatic heterocycles. The first-order valence-corrected chi connectivity index (χ1v) is 22.4. The summed E-state index contributed by atoms with van der Waals surface area (Å²) in [5, 5.41) is 15.0. The van der Waals surface area contributed by atoms with Crippen LogP contribution in [0.1, 0.15) is 63.3 Å². The first-order chi connectivity index (χ1) is 30.9.